The maximum absolute atomic E-state index is 14.6. The van der Waals surface area contributed by atoms with Crippen molar-refractivity contribution in [3.05, 3.63) is 88.1 Å². The number of benzene rings is 2. The molecule has 0 radical (unpaired) electrons. The minimum absolute atomic E-state index is 0.0268. The van der Waals surface area contributed by atoms with E-state index in [0.717, 1.165) is 42.0 Å². The summed E-state index contributed by atoms with van der Waals surface area (Å²) in [5, 5.41) is 13.8. The minimum atomic E-state index is -1.22. The number of rotatable bonds is 10. The Morgan fingerprint density at radius 1 is 1.12 bits per heavy atom. The smallest absolute Gasteiger partial charge is 0.342 e. The standard InChI is InChI=1S/C33H35FN4O5/c1-4-42-31-27(32(39)40)15-35-38(31)29-10-6-9-28(36-29)26-8-5-7-21(2)30(26)43-17-24-12-11-23-16-37(14-13-25(23)22(24)3)18-33(34)19-41-20-33/h5-12,15H,4,13-14,16-20H2,1-3H3,(H,39,40). The van der Waals surface area contributed by atoms with Gasteiger partial charge >= 0.3 is 5.97 Å². The van der Waals surface area contributed by atoms with E-state index in [-0.39, 0.29) is 31.3 Å². The monoisotopic (exact) mass is 586 g/mol. The molecule has 224 valence electrons. The van der Waals surface area contributed by atoms with Gasteiger partial charge in [0.2, 0.25) is 5.88 Å². The molecule has 0 spiro atoms. The van der Waals surface area contributed by atoms with Crippen LogP contribution in [-0.4, -0.2) is 69.3 Å². The predicted octanol–water partition coefficient (Wildman–Crippen LogP) is 5.32. The van der Waals surface area contributed by atoms with Gasteiger partial charge < -0.3 is 19.3 Å². The summed E-state index contributed by atoms with van der Waals surface area (Å²) < 4.78 is 33.2. The molecular weight excluding hydrogens is 551 g/mol. The molecule has 0 saturated carbocycles. The first-order valence-corrected chi connectivity index (χ1v) is 14.5. The topological polar surface area (TPSA) is 98.9 Å². The van der Waals surface area contributed by atoms with Crippen LogP contribution < -0.4 is 9.47 Å². The highest BCUT2D eigenvalue weighted by Crippen LogP contribution is 2.35. The highest BCUT2D eigenvalue weighted by Gasteiger charge is 2.41. The molecule has 4 heterocycles. The summed E-state index contributed by atoms with van der Waals surface area (Å²) in [5.74, 6) is 0.173. The number of aromatic nitrogens is 3. The average Bonchev–Trinajstić information content (AvgIpc) is 3.41. The molecule has 4 aromatic rings. The van der Waals surface area contributed by atoms with E-state index in [0.29, 0.717) is 24.7 Å². The lowest BCUT2D eigenvalue weighted by Gasteiger charge is -2.40. The first-order chi connectivity index (χ1) is 20.8. The number of carboxylic acid groups (broad SMARTS) is 1. The normalized spacial score (nSPS) is 15.9. The van der Waals surface area contributed by atoms with Gasteiger partial charge in [0.25, 0.3) is 0 Å². The molecule has 0 unspecified atom stereocenters. The fraction of sp³-hybridized carbons (Fsp3) is 0.364. The van der Waals surface area contributed by atoms with Crippen molar-refractivity contribution in [3.8, 4) is 28.7 Å². The zero-order chi connectivity index (χ0) is 30.1. The number of halogens is 1. The molecule has 6 rings (SSSR count). The van der Waals surface area contributed by atoms with Crippen LogP contribution in [0.2, 0.25) is 0 Å². The SMILES string of the molecule is CCOc1c(C(=O)O)cnn1-c1cccc(-c2cccc(C)c2OCc2ccc3c(c2C)CCN(CC2(F)COC2)C3)n1. The number of fused-ring (bicyclic) bond motifs is 1. The molecule has 43 heavy (non-hydrogen) atoms. The van der Waals surface area contributed by atoms with Crippen LogP contribution in [0.3, 0.4) is 0 Å². The van der Waals surface area contributed by atoms with Gasteiger partial charge in [-0.1, -0.05) is 30.3 Å². The average molecular weight is 587 g/mol. The first kappa shape index (κ1) is 28.8. The number of hydrogen-bond acceptors (Lipinski definition) is 7. The fourth-order valence-corrected chi connectivity index (χ4v) is 5.86. The Kier molecular flexibility index (Phi) is 7.89. The van der Waals surface area contributed by atoms with Gasteiger partial charge in [0.15, 0.2) is 11.5 Å². The number of pyridine rings is 1. The number of hydrogen-bond donors (Lipinski definition) is 1. The molecule has 2 aliphatic heterocycles. The molecule has 1 N–H and O–H groups in total. The molecule has 2 aromatic heterocycles. The second-order valence-electron chi connectivity index (χ2n) is 11.2. The molecule has 10 heteroatoms. The van der Waals surface area contributed by atoms with E-state index in [1.54, 1.807) is 13.0 Å². The number of aromatic carboxylic acids is 1. The highest BCUT2D eigenvalue weighted by molar-refractivity contribution is 5.90. The van der Waals surface area contributed by atoms with E-state index in [4.69, 9.17) is 19.2 Å². The lowest BCUT2D eigenvalue weighted by Crippen LogP contribution is -2.54. The maximum Gasteiger partial charge on any atom is 0.342 e. The van der Waals surface area contributed by atoms with Crippen molar-refractivity contribution in [1.29, 1.82) is 0 Å². The van der Waals surface area contributed by atoms with Gasteiger partial charge in [0.05, 0.1) is 31.7 Å². The van der Waals surface area contributed by atoms with Crippen LogP contribution in [0.15, 0.2) is 54.7 Å². The quantitative estimate of drug-likeness (QED) is 0.267. The van der Waals surface area contributed by atoms with Crippen LogP contribution in [0.5, 0.6) is 11.6 Å². The molecular formula is C33H35FN4O5. The Morgan fingerprint density at radius 3 is 2.67 bits per heavy atom. The van der Waals surface area contributed by atoms with Gasteiger partial charge in [-0.25, -0.2) is 14.2 Å². The van der Waals surface area contributed by atoms with Crippen molar-refractivity contribution < 1.29 is 28.5 Å². The molecule has 2 aliphatic rings. The van der Waals surface area contributed by atoms with Crippen molar-refractivity contribution >= 4 is 5.97 Å². The van der Waals surface area contributed by atoms with Gasteiger partial charge in [-0.3, -0.25) is 4.90 Å². The number of alkyl halides is 1. The van der Waals surface area contributed by atoms with E-state index in [1.807, 2.05) is 37.3 Å². The zero-order valence-electron chi connectivity index (χ0n) is 24.6. The molecule has 2 aromatic carbocycles. The summed E-state index contributed by atoms with van der Waals surface area (Å²) in [5.41, 5.74) is 6.09. The Morgan fingerprint density at radius 2 is 1.93 bits per heavy atom. The molecule has 0 amide bonds. The third kappa shape index (κ3) is 5.72. The summed E-state index contributed by atoms with van der Waals surface area (Å²) in [6, 6.07) is 15.7. The molecule has 9 nitrogen and oxygen atoms in total. The van der Waals surface area contributed by atoms with Crippen molar-refractivity contribution in [2.45, 2.75) is 46.0 Å². The van der Waals surface area contributed by atoms with Gasteiger partial charge in [-0.2, -0.15) is 9.78 Å². The van der Waals surface area contributed by atoms with Crippen LogP contribution in [0.25, 0.3) is 17.1 Å². The second kappa shape index (κ2) is 11.8. The van der Waals surface area contributed by atoms with Crippen molar-refractivity contribution in [2.24, 2.45) is 0 Å². The minimum Gasteiger partial charge on any atom is -0.488 e. The van der Waals surface area contributed by atoms with Gasteiger partial charge in [0.1, 0.15) is 17.9 Å². The molecule has 0 bridgehead atoms. The third-order valence-corrected chi connectivity index (χ3v) is 8.16. The summed E-state index contributed by atoms with van der Waals surface area (Å²) >= 11 is 0. The number of carboxylic acids is 1. The van der Waals surface area contributed by atoms with Crippen molar-refractivity contribution in [2.75, 3.05) is 32.9 Å². The van der Waals surface area contributed by atoms with Gasteiger partial charge in [-0.05, 0) is 73.2 Å². The molecule has 0 aliphatic carbocycles. The Bertz CT molecular complexity index is 1670. The highest BCUT2D eigenvalue weighted by atomic mass is 19.1. The van der Waals surface area contributed by atoms with E-state index in [9.17, 15) is 14.3 Å². The largest absolute Gasteiger partial charge is 0.488 e. The summed E-state index contributed by atoms with van der Waals surface area (Å²) in [7, 11) is 0. The zero-order valence-corrected chi connectivity index (χ0v) is 24.6. The van der Waals surface area contributed by atoms with E-state index in [1.165, 1.54) is 27.6 Å². The number of carbonyl (C=O) groups is 1. The van der Waals surface area contributed by atoms with Gasteiger partial charge in [0, 0.05) is 25.2 Å². The number of nitrogens with zero attached hydrogens (tertiary/aromatic N) is 4. The Labute approximate surface area is 249 Å². The number of para-hydroxylation sites is 1. The summed E-state index contributed by atoms with van der Waals surface area (Å²) in [4.78, 5) is 18.7. The van der Waals surface area contributed by atoms with E-state index in [2.05, 4.69) is 29.1 Å². The first-order valence-electron chi connectivity index (χ1n) is 14.5. The lowest BCUT2D eigenvalue weighted by molar-refractivity contribution is -0.142. The lowest BCUT2D eigenvalue weighted by atomic mass is 9.91. The van der Waals surface area contributed by atoms with E-state index < -0.39 is 11.6 Å². The number of aryl methyl sites for hydroxylation is 1. The van der Waals surface area contributed by atoms with Crippen LogP contribution in [0.4, 0.5) is 4.39 Å². The van der Waals surface area contributed by atoms with Crippen molar-refractivity contribution in [3.63, 3.8) is 0 Å². The fourth-order valence-electron chi connectivity index (χ4n) is 5.86. The number of ether oxygens (including phenoxy) is 3. The van der Waals surface area contributed by atoms with E-state index >= 15 is 0 Å². The second-order valence-corrected chi connectivity index (χ2v) is 11.2. The van der Waals surface area contributed by atoms with Gasteiger partial charge in [-0.15, -0.1) is 0 Å². The Balaban J connectivity index is 1.24. The summed E-state index contributed by atoms with van der Waals surface area (Å²) in [6.45, 7) is 8.96. The van der Waals surface area contributed by atoms with Crippen LogP contribution >= 0.6 is 0 Å². The van der Waals surface area contributed by atoms with Crippen LogP contribution in [0, 0.1) is 13.8 Å². The van der Waals surface area contributed by atoms with Crippen molar-refractivity contribution in [1.82, 2.24) is 19.7 Å². The Hall–Kier alpha value is -4.28. The molecule has 1 saturated heterocycles. The molecule has 1 fully saturated rings. The maximum atomic E-state index is 14.6. The molecule has 0 atom stereocenters. The predicted molar refractivity (Wildman–Crippen MR) is 159 cm³/mol. The van der Waals surface area contributed by atoms with Crippen LogP contribution in [0.1, 0.15) is 45.1 Å². The van der Waals surface area contributed by atoms with Crippen LogP contribution in [-0.2, 0) is 24.3 Å². The third-order valence-electron chi connectivity index (χ3n) is 8.16. The summed E-state index contributed by atoms with van der Waals surface area (Å²) in [6.07, 6.45) is 2.14.